The van der Waals surface area contributed by atoms with E-state index in [2.05, 4.69) is 41.8 Å². The number of nitrogens with one attached hydrogen (secondary N) is 5. The van der Waals surface area contributed by atoms with Crippen LogP contribution in [0.25, 0.3) is 21.9 Å². The molecule has 70 heavy (non-hydrogen) atoms. The number of rotatable bonds is 15. The molecule has 2 aromatic heterocycles. The Bertz CT molecular complexity index is 3170. The molecule has 7 aromatic rings. The maximum Gasteiger partial charge on any atom is 0.410 e. The monoisotopic (exact) mass is 949 g/mol. The van der Waals surface area contributed by atoms with E-state index >= 15 is 4.39 Å². The Hall–Kier alpha value is -8.81. The molecule has 1 aliphatic heterocycles. The van der Waals surface area contributed by atoms with Crippen molar-refractivity contribution in [2.24, 2.45) is 7.05 Å². The van der Waals surface area contributed by atoms with Crippen molar-refractivity contribution in [2.75, 3.05) is 32.0 Å². The van der Waals surface area contributed by atoms with Gasteiger partial charge in [-0.15, -0.1) is 0 Å². The number of aromatic nitrogens is 5. The SMILES string of the molecule is CN(CC(=O)NCC(=O)N[C@@H](Cc1ccccc1)C(=O)NCC(=O)NCn1nc2c3c(cc(F)cc3c1=O)N[C@H](c1ccc(F)cc1)[C@H]2c1ncnn1C)C(=O)OC1c2ccccc2-c2ccccc21. The number of amides is 5. The van der Waals surface area contributed by atoms with Gasteiger partial charge in [0.05, 0.1) is 36.1 Å². The summed E-state index contributed by atoms with van der Waals surface area (Å²) in [6.07, 6.45) is -0.0421. The number of likely N-dealkylation sites (N-methyl/N-ethyl adjacent to an activating group) is 1. The zero-order valence-electron chi connectivity index (χ0n) is 37.7. The number of ether oxygens (including phenoxy) is 1. The Balaban J connectivity index is 0.829. The number of hydrogen-bond donors (Lipinski definition) is 5. The first-order valence-corrected chi connectivity index (χ1v) is 22.2. The van der Waals surface area contributed by atoms with Crippen LogP contribution in [0.2, 0.25) is 0 Å². The summed E-state index contributed by atoms with van der Waals surface area (Å²) >= 11 is 0. The average molecular weight is 950 g/mol. The molecule has 3 heterocycles. The Morgan fingerprint density at radius 1 is 0.800 bits per heavy atom. The number of carbonyl (C=O) groups is 5. The van der Waals surface area contributed by atoms with Crippen LogP contribution in [-0.2, 0) is 44.1 Å². The predicted molar refractivity (Wildman–Crippen MR) is 251 cm³/mol. The summed E-state index contributed by atoms with van der Waals surface area (Å²) in [6.45, 7) is -2.03. The molecule has 0 bridgehead atoms. The average Bonchev–Trinajstić information content (AvgIpc) is 3.93. The van der Waals surface area contributed by atoms with Crippen molar-refractivity contribution in [3.63, 3.8) is 0 Å². The van der Waals surface area contributed by atoms with Crippen molar-refractivity contribution in [2.45, 2.75) is 37.2 Å². The Morgan fingerprint density at radius 3 is 2.16 bits per heavy atom. The quantitative estimate of drug-likeness (QED) is 0.0990. The fourth-order valence-corrected chi connectivity index (χ4v) is 8.83. The summed E-state index contributed by atoms with van der Waals surface area (Å²) in [7, 11) is 3.08. The van der Waals surface area contributed by atoms with Crippen LogP contribution < -0.4 is 32.1 Å². The molecular weight excluding hydrogens is 905 g/mol. The zero-order chi connectivity index (χ0) is 49.1. The van der Waals surface area contributed by atoms with Gasteiger partial charge in [-0.05, 0) is 46.5 Å². The first-order valence-electron chi connectivity index (χ1n) is 22.2. The fourth-order valence-electron chi connectivity index (χ4n) is 8.83. The highest BCUT2D eigenvalue weighted by Gasteiger charge is 2.39. The van der Waals surface area contributed by atoms with E-state index in [0.29, 0.717) is 28.0 Å². The van der Waals surface area contributed by atoms with Crippen LogP contribution in [0.15, 0.2) is 126 Å². The zero-order valence-corrected chi connectivity index (χ0v) is 37.7. The minimum atomic E-state index is -1.20. The van der Waals surface area contributed by atoms with Crippen molar-refractivity contribution in [3.8, 4) is 11.1 Å². The number of halogens is 2. The summed E-state index contributed by atoms with van der Waals surface area (Å²) in [5.41, 5.74) is 4.74. The molecule has 0 spiro atoms. The van der Waals surface area contributed by atoms with Crippen LogP contribution in [-0.4, -0.2) is 91.9 Å². The van der Waals surface area contributed by atoms with Gasteiger partial charge in [0.15, 0.2) is 6.10 Å². The summed E-state index contributed by atoms with van der Waals surface area (Å²) in [6, 6.07) is 30.2. The smallest absolute Gasteiger partial charge is 0.410 e. The normalized spacial score (nSPS) is 14.9. The second-order valence-electron chi connectivity index (χ2n) is 16.8. The lowest BCUT2D eigenvalue weighted by Gasteiger charge is -2.34. The highest BCUT2D eigenvalue weighted by atomic mass is 19.1. The number of hydrogen-bond acceptors (Lipinski definition) is 11. The lowest BCUT2D eigenvalue weighted by Crippen LogP contribution is -2.52. The van der Waals surface area contributed by atoms with Gasteiger partial charge in [-0.2, -0.15) is 10.2 Å². The molecule has 356 valence electrons. The highest BCUT2D eigenvalue weighted by molar-refractivity contribution is 5.97. The molecule has 2 aliphatic rings. The number of fused-ring (bicyclic) bond motifs is 3. The van der Waals surface area contributed by atoms with Crippen LogP contribution in [0.3, 0.4) is 0 Å². The number of benzene rings is 5. The van der Waals surface area contributed by atoms with Gasteiger partial charge in [0.1, 0.15) is 43.0 Å². The van der Waals surface area contributed by atoms with E-state index in [0.717, 1.165) is 37.9 Å². The molecule has 3 atom stereocenters. The van der Waals surface area contributed by atoms with Gasteiger partial charge in [0.25, 0.3) is 5.56 Å². The highest BCUT2D eigenvalue weighted by Crippen LogP contribution is 2.47. The minimum absolute atomic E-state index is 0.0220. The molecule has 9 rings (SSSR count). The van der Waals surface area contributed by atoms with Crippen LogP contribution in [0.4, 0.5) is 19.3 Å². The molecule has 0 saturated heterocycles. The molecule has 5 amide bonds. The van der Waals surface area contributed by atoms with Crippen molar-refractivity contribution >= 4 is 46.2 Å². The van der Waals surface area contributed by atoms with Crippen LogP contribution in [0.5, 0.6) is 0 Å². The number of aryl methyl sites for hydroxylation is 1. The van der Waals surface area contributed by atoms with Crippen molar-refractivity contribution in [3.05, 3.63) is 177 Å². The van der Waals surface area contributed by atoms with Crippen LogP contribution in [0.1, 0.15) is 51.8 Å². The molecular formula is C50H45F2N11O7. The van der Waals surface area contributed by atoms with E-state index in [1.165, 1.54) is 36.3 Å². The lowest BCUT2D eigenvalue weighted by molar-refractivity contribution is -0.131. The Morgan fingerprint density at radius 2 is 1.47 bits per heavy atom. The van der Waals surface area contributed by atoms with Gasteiger partial charge in [0, 0.05) is 42.7 Å². The topological polar surface area (TPSA) is 224 Å². The first-order chi connectivity index (χ1) is 33.8. The molecule has 0 saturated carbocycles. The summed E-state index contributed by atoms with van der Waals surface area (Å²) in [4.78, 5) is 85.6. The van der Waals surface area contributed by atoms with E-state index < -0.39 is 97.3 Å². The summed E-state index contributed by atoms with van der Waals surface area (Å²) in [5.74, 6) is -4.30. The third kappa shape index (κ3) is 9.64. The van der Waals surface area contributed by atoms with Gasteiger partial charge in [0.2, 0.25) is 23.6 Å². The van der Waals surface area contributed by atoms with E-state index in [1.54, 1.807) is 49.5 Å². The molecule has 0 unspecified atom stereocenters. The van der Waals surface area contributed by atoms with Crippen molar-refractivity contribution in [1.29, 1.82) is 0 Å². The minimum Gasteiger partial charge on any atom is -0.436 e. The maximum atomic E-state index is 15.2. The van der Waals surface area contributed by atoms with Crippen molar-refractivity contribution in [1.82, 2.24) is 50.7 Å². The van der Waals surface area contributed by atoms with Crippen LogP contribution in [0, 0.1) is 11.6 Å². The van der Waals surface area contributed by atoms with Crippen molar-refractivity contribution < 1.29 is 37.5 Å². The summed E-state index contributed by atoms with van der Waals surface area (Å²) in [5, 5.41) is 22.7. The van der Waals surface area contributed by atoms with Gasteiger partial charge >= 0.3 is 6.09 Å². The van der Waals surface area contributed by atoms with Gasteiger partial charge < -0.3 is 36.2 Å². The largest absolute Gasteiger partial charge is 0.436 e. The second-order valence-corrected chi connectivity index (χ2v) is 16.8. The molecule has 0 radical (unpaired) electrons. The third-order valence-corrected chi connectivity index (χ3v) is 12.2. The number of carbonyl (C=O) groups excluding carboxylic acids is 5. The first kappa shape index (κ1) is 46.3. The van der Waals surface area contributed by atoms with E-state index in [1.807, 2.05) is 48.5 Å². The lowest BCUT2D eigenvalue weighted by atomic mass is 9.83. The standard InChI is InChI=1S/C50H45F2N11O7/c1-61(50(69)70-46-34-14-8-6-12-32(34)33-13-7-9-15-35(33)46)25-41(66)53-24-40(65)58-38(20-28-10-4-3-5-11-28)48(67)54-23-39(64)56-27-63-49(68)36-21-31(52)22-37-42(36)45(60-63)43(47-55-26-57-62(47)2)44(59-37)29-16-18-30(51)19-17-29/h3-19,21-22,26,38,43-44,46,59H,20,23-25,27H2,1-2H3,(H,53,66)(H,54,67)(H,56,64)(H,58,65)/t38-,43+,44+/m0/s1. The number of anilines is 1. The van der Waals surface area contributed by atoms with Gasteiger partial charge in [-0.1, -0.05) is 91.0 Å². The van der Waals surface area contributed by atoms with E-state index in [-0.39, 0.29) is 17.5 Å². The predicted octanol–water partition coefficient (Wildman–Crippen LogP) is 3.97. The molecule has 18 nitrogen and oxygen atoms in total. The Labute approximate surface area is 398 Å². The fraction of sp³-hybridized carbons (Fsp3) is 0.220. The van der Waals surface area contributed by atoms with E-state index in [4.69, 9.17) is 4.74 Å². The van der Waals surface area contributed by atoms with Gasteiger partial charge in [-0.25, -0.2) is 23.2 Å². The maximum absolute atomic E-state index is 15.2. The van der Waals surface area contributed by atoms with Gasteiger partial charge in [-0.3, -0.25) is 28.7 Å². The molecule has 1 aliphatic carbocycles. The number of nitrogens with zero attached hydrogens (tertiary/aromatic N) is 6. The third-order valence-electron chi connectivity index (χ3n) is 12.2. The second kappa shape index (κ2) is 19.8. The summed E-state index contributed by atoms with van der Waals surface area (Å²) < 4.78 is 37.6. The molecule has 5 aromatic carbocycles. The van der Waals surface area contributed by atoms with Crippen LogP contribution >= 0.6 is 0 Å². The Kier molecular flexibility index (Phi) is 13.1. The van der Waals surface area contributed by atoms with E-state index in [9.17, 15) is 33.2 Å². The molecule has 20 heteroatoms. The molecule has 0 fully saturated rings. The molecule has 5 N–H and O–H groups in total.